The summed E-state index contributed by atoms with van der Waals surface area (Å²) in [7, 11) is 1.52. The van der Waals surface area contributed by atoms with Gasteiger partial charge in [0.15, 0.2) is 0 Å². The molecule has 0 aromatic heterocycles. The van der Waals surface area contributed by atoms with Crippen LogP contribution in [0.15, 0.2) is 24.3 Å². The molecular weight excluding hydrogens is 275 g/mol. The van der Waals surface area contributed by atoms with E-state index >= 15 is 0 Å². The average molecular weight is 298 g/mol. The van der Waals surface area contributed by atoms with Gasteiger partial charge >= 0.3 is 0 Å². The Bertz CT molecular complexity index is 437. The summed E-state index contributed by atoms with van der Waals surface area (Å²) in [5.41, 5.74) is 0.544. The summed E-state index contributed by atoms with van der Waals surface area (Å²) in [4.78, 5) is 13.8. The molecule has 21 heavy (non-hydrogen) atoms. The molecule has 0 heterocycles. The molecular formula is C15H23FN2O3. The Morgan fingerprint density at radius 3 is 2.52 bits per heavy atom. The summed E-state index contributed by atoms with van der Waals surface area (Å²) in [5, 5.41) is 12.5. The summed E-state index contributed by atoms with van der Waals surface area (Å²) in [5.74, 6) is -0.556. The van der Waals surface area contributed by atoms with Gasteiger partial charge in [-0.1, -0.05) is 0 Å². The maximum absolute atomic E-state index is 12.8. The van der Waals surface area contributed by atoms with Gasteiger partial charge < -0.3 is 15.2 Å². The lowest BCUT2D eigenvalue weighted by Crippen LogP contribution is -2.43. The van der Waals surface area contributed by atoms with Crippen LogP contribution in [0.4, 0.5) is 10.1 Å². The molecule has 6 heteroatoms. The van der Waals surface area contributed by atoms with Gasteiger partial charge in [0.1, 0.15) is 5.82 Å². The molecule has 0 fully saturated rings. The number of nitrogens with zero attached hydrogens (tertiary/aromatic N) is 1. The first-order valence-electron chi connectivity index (χ1n) is 6.89. The van der Waals surface area contributed by atoms with E-state index in [0.717, 1.165) is 0 Å². The third-order valence-electron chi connectivity index (χ3n) is 3.01. The van der Waals surface area contributed by atoms with Crippen LogP contribution in [-0.2, 0) is 9.53 Å². The zero-order valence-electron chi connectivity index (χ0n) is 12.7. The highest BCUT2D eigenvalue weighted by Crippen LogP contribution is 2.09. The van der Waals surface area contributed by atoms with Crippen molar-refractivity contribution in [3.8, 4) is 0 Å². The number of hydrogen-bond donors (Lipinski definition) is 2. The van der Waals surface area contributed by atoms with Gasteiger partial charge in [-0.15, -0.1) is 0 Å². The number of carbonyl (C=O) groups is 1. The molecule has 1 aromatic carbocycles. The Balaban J connectivity index is 2.54. The van der Waals surface area contributed by atoms with E-state index in [1.54, 1.807) is 0 Å². The van der Waals surface area contributed by atoms with Crippen LogP contribution >= 0.6 is 0 Å². The normalized spacial score (nSPS) is 12.7. The number of hydrogen-bond acceptors (Lipinski definition) is 4. The third kappa shape index (κ3) is 6.66. The number of nitrogens with one attached hydrogen (secondary N) is 1. The summed E-state index contributed by atoms with van der Waals surface area (Å²) in [6, 6.07) is 5.70. The molecule has 0 bridgehead atoms. The third-order valence-corrected chi connectivity index (χ3v) is 3.01. The van der Waals surface area contributed by atoms with Crippen molar-refractivity contribution in [2.45, 2.75) is 26.0 Å². The van der Waals surface area contributed by atoms with Crippen LogP contribution in [0, 0.1) is 5.82 Å². The number of halogens is 1. The zero-order valence-corrected chi connectivity index (χ0v) is 12.7. The van der Waals surface area contributed by atoms with E-state index in [4.69, 9.17) is 4.74 Å². The van der Waals surface area contributed by atoms with Gasteiger partial charge in [-0.2, -0.15) is 0 Å². The van der Waals surface area contributed by atoms with Gasteiger partial charge in [-0.3, -0.25) is 9.69 Å². The molecule has 0 aliphatic rings. The van der Waals surface area contributed by atoms with E-state index in [9.17, 15) is 14.3 Å². The van der Waals surface area contributed by atoms with Gasteiger partial charge in [0, 0.05) is 25.4 Å². The Morgan fingerprint density at radius 2 is 2.00 bits per heavy atom. The quantitative estimate of drug-likeness (QED) is 0.763. The number of benzene rings is 1. The smallest absolute Gasteiger partial charge is 0.238 e. The fourth-order valence-corrected chi connectivity index (χ4v) is 1.89. The van der Waals surface area contributed by atoms with E-state index in [1.807, 2.05) is 18.7 Å². The van der Waals surface area contributed by atoms with Crippen molar-refractivity contribution in [1.29, 1.82) is 0 Å². The first kappa shape index (κ1) is 17.6. The Hall–Kier alpha value is -1.50. The van der Waals surface area contributed by atoms with E-state index < -0.39 is 6.10 Å². The minimum atomic E-state index is -0.643. The molecule has 5 nitrogen and oxygen atoms in total. The molecule has 2 N–H and O–H groups in total. The van der Waals surface area contributed by atoms with Crippen LogP contribution in [0.5, 0.6) is 0 Å². The van der Waals surface area contributed by atoms with Crippen molar-refractivity contribution < 1.29 is 19.0 Å². The van der Waals surface area contributed by atoms with E-state index in [-0.39, 0.29) is 30.9 Å². The molecule has 0 spiro atoms. The second-order valence-corrected chi connectivity index (χ2v) is 5.19. The summed E-state index contributed by atoms with van der Waals surface area (Å²) in [6.45, 7) is 4.62. The molecule has 118 valence electrons. The van der Waals surface area contributed by atoms with Gasteiger partial charge in [0.25, 0.3) is 0 Å². The molecule has 1 atom stereocenters. The maximum Gasteiger partial charge on any atom is 0.238 e. The van der Waals surface area contributed by atoms with E-state index in [2.05, 4.69) is 5.32 Å². The number of carbonyl (C=O) groups excluding carboxylic acids is 1. The molecule has 0 radical (unpaired) electrons. The Morgan fingerprint density at radius 1 is 1.38 bits per heavy atom. The summed E-state index contributed by atoms with van der Waals surface area (Å²) < 4.78 is 17.7. The van der Waals surface area contributed by atoms with Crippen LogP contribution in [0.1, 0.15) is 13.8 Å². The average Bonchev–Trinajstić information content (AvgIpc) is 2.41. The highest BCUT2D eigenvalue weighted by Gasteiger charge is 2.18. The lowest BCUT2D eigenvalue weighted by Gasteiger charge is -2.27. The van der Waals surface area contributed by atoms with Crippen LogP contribution < -0.4 is 5.32 Å². The second-order valence-electron chi connectivity index (χ2n) is 5.19. The molecule has 0 aliphatic carbocycles. The number of methoxy groups -OCH3 is 1. The fraction of sp³-hybridized carbons (Fsp3) is 0.533. The number of rotatable bonds is 8. The molecule has 1 rings (SSSR count). The molecule has 0 unspecified atom stereocenters. The minimum Gasteiger partial charge on any atom is -0.389 e. The summed E-state index contributed by atoms with van der Waals surface area (Å²) >= 11 is 0. The van der Waals surface area contributed by atoms with Crippen LogP contribution in [0.25, 0.3) is 0 Å². The predicted octanol–water partition coefficient (Wildman–Crippen LogP) is 1.48. The van der Waals surface area contributed by atoms with Crippen molar-refractivity contribution >= 4 is 11.6 Å². The Kier molecular flexibility index (Phi) is 7.28. The topological polar surface area (TPSA) is 61.8 Å². The monoisotopic (exact) mass is 298 g/mol. The number of ether oxygens (including phenoxy) is 1. The number of aliphatic hydroxyl groups is 1. The molecule has 0 aliphatic heterocycles. The fourth-order valence-electron chi connectivity index (χ4n) is 1.89. The van der Waals surface area contributed by atoms with Gasteiger partial charge in [0.05, 0.1) is 19.3 Å². The highest BCUT2D eigenvalue weighted by molar-refractivity contribution is 5.92. The molecule has 1 amide bonds. The zero-order chi connectivity index (χ0) is 15.8. The van der Waals surface area contributed by atoms with Crippen molar-refractivity contribution in [2.75, 3.05) is 32.1 Å². The number of aliphatic hydroxyl groups excluding tert-OH is 1. The summed E-state index contributed by atoms with van der Waals surface area (Å²) in [6.07, 6.45) is -0.643. The van der Waals surface area contributed by atoms with Crippen LogP contribution in [0.3, 0.4) is 0 Å². The molecule has 0 saturated heterocycles. The van der Waals surface area contributed by atoms with E-state index in [1.165, 1.54) is 31.4 Å². The van der Waals surface area contributed by atoms with Crippen LogP contribution in [0.2, 0.25) is 0 Å². The first-order valence-corrected chi connectivity index (χ1v) is 6.89. The molecule has 1 aromatic rings. The maximum atomic E-state index is 12.8. The van der Waals surface area contributed by atoms with Crippen molar-refractivity contribution in [3.05, 3.63) is 30.1 Å². The molecule has 0 saturated carbocycles. The highest BCUT2D eigenvalue weighted by atomic mass is 19.1. The Labute approximate surface area is 124 Å². The number of anilines is 1. The van der Waals surface area contributed by atoms with E-state index in [0.29, 0.717) is 12.2 Å². The van der Waals surface area contributed by atoms with Crippen molar-refractivity contribution in [2.24, 2.45) is 0 Å². The van der Waals surface area contributed by atoms with Gasteiger partial charge in [-0.25, -0.2) is 4.39 Å². The van der Waals surface area contributed by atoms with Gasteiger partial charge in [0.2, 0.25) is 5.91 Å². The van der Waals surface area contributed by atoms with Gasteiger partial charge in [-0.05, 0) is 38.1 Å². The van der Waals surface area contributed by atoms with Crippen LogP contribution in [-0.4, -0.2) is 54.9 Å². The first-order chi connectivity index (χ1) is 9.92. The second kappa shape index (κ2) is 8.71. The lowest BCUT2D eigenvalue weighted by molar-refractivity contribution is -0.118. The standard InChI is InChI=1S/C15H23FN2O3/c1-11(2)18(8-14(19)10-21-3)9-15(20)17-13-6-4-12(16)5-7-13/h4-7,11,14,19H,8-10H2,1-3H3,(H,17,20)/t14-/m1/s1. The number of amides is 1. The SMILES string of the molecule is COC[C@H](O)CN(CC(=O)Nc1ccc(F)cc1)C(C)C. The lowest BCUT2D eigenvalue weighted by atomic mass is 10.2. The predicted molar refractivity (Wildman–Crippen MR) is 79.6 cm³/mol. The minimum absolute atomic E-state index is 0.107. The van der Waals surface area contributed by atoms with Crippen molar-refractivity contribution in [3.63, 3.8) is 0 Å². The van der Waals surface area contributed by atoms with Crippen molar-refractivity contribution in [1.82, 2.24) is 4.90 Å². The largest absolute Gasteiger partial charge is 0.389 e.